The van der Waals surface area contributed by atoms with Crippen LogP contribution in [0.3, 0.4) is 0 Å². The lowest BCUT2D eigenvalue weighted by Crippen LogP contribution is -2.30. The van der Waals surface area contributed by atoms with Crippen LogP contribution in [0.5, 0.6) is 0 Å². The summed E-state index contributed by atoms with van der Waals surface area (Å²) in [5.41, 5.74) is 9.23. The summed E-state index contributed by atoms with van der Waals surface area (Å²) >= 11 is 12.5. The number of benzene rings is 2. The number of hydrogen-bond donors (Lipinski definition) is 1. The summed E-state index contributed by atoms with van der Waals surface area (Å²) in [6, 6.07) is 13.6. The molecule has 5 heteroatoms. The fourth-order valence-corrected chi connectivity index (χ4v) is 2.87. The van der Waals surface area contributed by atoms with Gasteiger partial charge in [0.1, 0.15) is 5.82 Å². The molecule has 0 amide bonds. The Bertz CT molecular complexity index is 650. The number of nitrogens with two attached hydrogens (primary N) is 1. The van der Waals surface area contributed by atoms with E-state index in [0.29, 0.717) is 22.4 Å². The van der Waals surface area contributed by atoms with Gasteiger partial charge in [-0.05, 0) is 29.3 Å². The highest BCUT2D eigenvalue weighted by atomic mass is 79.9. The average molecular weight is 372 g/mol. The maximum atomic E-state index is 6.25. The van der Waals surface area contributed by atoms with E-state index in [4.69, 9.17) is 28.9 Å². The van der Waals surface area contributed by atoms with Crippen LogP contribution in [0.25, 0.3) is 6.08 Å². The first kappa shape index (κ1) is 15.2. The predicted molar refractivity (Wildman–Crippen MR) is 91.6 cm³/mol. The van der Waals surface area contributed by atoms with Gasteiger partial charge < -0.3 is 10.6 Å². The minimum absolute atomic E-state index is 0. The summed E-state index contributed by atoms with van der Waals surface area (Å²) in [6.07, 6.45) is 1.94. The van der Waals surface area contributed by atoms with E-state index in [-0.39, 0.29) is 17.0 Å². The van der Waals surface area contributed by atoms with Gasteiger partial charge in [0.2, 0.25) is 0 Å². The van der Waals surface area contributed by atoms with Crippen LogP contribution in [0.4, 0.5) is 5.69 Å². The quantitative estimate of drug-likeness (QED) is 0.776. The standard InChI is InChI=1S/C15H12Cl2N2.BrH/c16-12-6-3-7-13(17)15(12)19-9-11-5-2-1-4-10(11)8-14(19)18;/h1-8H,9,18H2;1H. The van der Waals surface area contributed by atoms with Crippen molar-refractivity contribution in [1.82, 2.24) is 0 Å². The van der Waals surface area contributed by atoms with E-state index in [1.807, 2.05) is 47.4 Å². The van der Waals surface area contributed by atoms with Gasteiger partial charge in [-0.15, -0.1) is 17.0 Å². The van der Waals surface area contributed by atoms with Gasteiger partial charge in [-0.3, -0.25) is 0 Å². The molecule has 0 spiro atoms. The Balaban J connectivity index is 0.00000147. The number of fused-ring (bicyclic) bond motifs is 1. The molecule has 0 bridgehead atoms. The number of rotatable bonds is 1. The SMILES string of the molecule is Br.NC1=Cc2ccccc2CN1c1c(Cl)cccc1Cl. The molecule has 2 N–H and O–H groups in total. The Hall–Kier alpha value is -1.16. The van der Waals surface area contributed by atoms with Crippen molar-refractivity contribution >= 4 is 51.9 Å². The Kier molecular flexibility index (Phi) is 4.63. The van der Waals surface area contributed by atoms with Gasteiger partial charge in [-0.2, -0.15) is 0 Å². The predicted octanol–water partition coefficient (Wildman–Crippen LogP) is 4.85. The van der Waals surface area contributed by atoms with Crippen molar-refractivity contribution in [3.63, 3.8) is 0 Å². The summed E-state index contributed by atoms with van der Waals surface area (Å²) in [5, 5.41) is 1.20. The van der Waals surface area contributed by atoms with E-state index < -0.39 is 0 Å². The van der Waals surface area contributed by atoms with Crippen LogP contribution in [-0.4, -0.2) is 0 Å². The Morgan fingerprint density at radius 1 is 0.950 bits per heavy atom. The van der Waals surface area contributed by atoms with Gasteiger partial charge in [0.05, 0.1) is 22.3 Å². The lowest BCUT2D eigenvalue weighted by atomic mass is 10.0. The highest BCUT2D eigenvalue weighted by Gasteiger charge is 2.21. The molecule has 3 rings (SSSR count). The second kappa shape index (κ2) is 6.08. The molecule has 1 heterocycles. The van der Waals surface area contributed by atoms with Crippen molar-refractivity contribution in [1.29, 1.82) is 0 Å². The van der Waals surface area contributed by atoms with Crippen molar-refractivity contribution in [3.05, 3.63) is 69.5 Å². The van der Waals surface area contributed by atoms with E-state index in [0.717, 1.165) is 11.3 Å². The zero-order chi connectivity index (χ0) is 13.4. The fourth-order valence-electron chi connectivity index (χ4n) is 2.27. The number of hydrogen-bond acceptors (Lipinski definition) is 2. The molecule has 0 saturated heterocycles. The van der Waals surface area contributed by atoms with Gasteiger partial charge >= 0.3 is 0 Å². The molecular formula is C15H13BrCl2N2. The van der Waals surface area contributed by atoms with Crippen LogP contribution in [0.15, 0.2) is 48.3 Å². The van der Waals surface area contributed by atoms with E-state index in [9.17, 15) is 0 Å². The third-order valence-corrected chi connectivity index (χ3v) is 3.82. The largest absolute Gasteiger partial charge is 0.385 e. The third kappa shape index (κ3) is 2.66. The molecule has 2 aromatic carbocycles. The van der Waals surface area contributed by atoms with E-state index in [2.05, 4.69) is 6.07 Å². The lowest BCUT2D eigenvalue weighted by molar-refractivity contribution is 0.888. The molecular weight excluding hydrogens is 359 g/mol. The monoisotopic (exact) mass is 370 g/mol. The van der Waals surface area contributed by atoms with Gasteiger partial charge in [0.25, 0.3) is 0 Å². The summed E-state index contributed by atoms with van der Waals surface area (Å²) in [6.45, 7) is 0.669. The first-order valence-electron chi connectivity index (χ1n) is 5.93. The molecule has 1 aliphatic rings. The average Bonchev–Trinajstić information content (AvgIpc) is 2.39. The Morgan fingerprint density at radius 3 is 2.30 bits per heavy atom. The normalized spacial score (nSPS) is 13.3. The molecule has 0 aromatic heterocycles. The minimum atomic E-state index is 0. The molecule has 0 atom stereocenters. The number of anilines is 1. The smallest absolute Gasteiger partial charge is 0.104 e. The van der Waals surface area contributed by atoms with Crippen LogP contribution in [0, 0.1) is 0 Å². The van der Waals surface area contributed by atoms with Gasteiger partial charge in [0.15, 0.2) is 0 Å². The van der Waals surface area contributed by atoms with Crippen LogP contribution in [-0.2, 0) is 6.54 Å². The molecule has 0 radical (unpaired) electrons. The van der Waals surface area contributed by atoms with Crippen molar-refractivity contribution < 1.29 is 0 Å². The van der Waals surface area contributed by atoms with E-state index in [1.165, 1.54) is 5.56 Å². The van der Waals surface area contributed by atoms with Crippen LogP contribution >= 0.6 is 40.2 Å². The molecule has 104 valence electrons. The lowest BCUT2D eigenvalue weighted by Gasteiger charge is -2.30. The van der Waals surface area contributed by atoms with Gasteiger partial charge in [-0.1, -0.05) is 53.5 Å². The maximum Gasteiger partial charge on any atom is 0.104 e. The molecule has 0 fully saturated rings. The van der Waals surface area contributed by atoms with E-state index in [1.54, 1.807) is 0 Å². The second-order valence-electron chi connectivity index (χ2n) is 4.42. The molecule has 0 aliphatic carbocycles. The summed E-state index contributed by atoms with van der Waals surface area (Å²) in [5.74, 6) is 0.647. The van der Waals surface area contributed by atoms with Crippen molar-refractivity contribution in [2.75, 3.05) is 4.90 Å². The summed E-state index contributed by atoms with van der Waals surface area (Å²) in [4.78, 5) is 1.94. The summed E-state index contributed by atoms with van der Waals surface area (Å²) in [7, 11) is 0. The molecule has 0 unspecified atom stereocenters. The summed E-state index contributed by atoms with van der Waals surface area (Å²) < 4.78 is 0. The Morgan fingerprint density at radius 2 is 1.60 bits per heavy atom. The van der Waals surface area contributed by atoms with Crippen LogP contribution in [0.1, 0.15) is 11.1 Å². The first-order valence-corrected chi connectivity index (χ1v) is 6.69. The maximum absolute atomic E-state index is 6.25. The van der Waals surface area contributed by atoms with Crippen molar-refractivity contribution in [2.45, 2.75) is 6.54 Å². The van der Waals surface area contributed by atoms with Crippen molar-refractivity contribution in [3.8, 4) is 0 Å². The molecule has 2 aromatic rings. The molecule has 20 heavy (non-hydrogen) atoms. The zero-order valence-electron chi connectivity index (χ0n) is 10.5. The highest BCUT2D eigenvalue weighted by molar-refractivity contribution is 8.93. The van der Waals surface area contributed by atoms with E-state index >= 15 is 0 Å². The second-order valence-corrected chi connectivity index (χ2v) is 5.24. The number of halogens is 3. The topological polar surface area (TPSA) is 29.3 Å². The zero-order valence-corrected chi connectivity index (χ0v) is 13.7. The number of nitrogens with zero attached hydrogens (tertiary/aromatic N) is 1. The first-order chi connectivity index (χ1) is 9.16. The van der Waals surface area contributed by atoms with Crippen LogP contribution < -0.4 is 10.6 Å². The molecule has 2 nitrogen and oxygen atoms in total. The van der Waals surface area contributed by atoms with Crippen molar-refractivity contribution in [2.24, 2.45) is 5.73 Å². The van der Waals surface area contributed by atoms with Gasteiger partial charge in [-0.25, -0.2) is 0 Å². The molecule has 1 aliphatic heterocycles. The molecule has 0 saturated carbocycles. The van der Waals surface area contributed by atoms with Crippen LogP contribution in [0.2, 0.25) is 10.0 Å². The highest BCUT2D eigenvalue weighted by Crippen LogP contribution is 2.37. The fraction of sp³-hybridized carbons (Fsp3) is 0.0667. The Labute approximate surface area is 138 Å². The van der Waals surface area contributed by atoms with Gasteiger partial charge in [0, 0.05) is 0 Å². The third-order valence-electron chi connectivity index (χ3n) is 3.21. The number of para-hydroxylation sites is 1. The minimum Gasteiger partial charge on any atom is -0.385 e.